The molecule has 5 heteroatoms. The normalized spacial score (nSPS) is 19.7. The summed E-state index contributed by atoms with van der Waals surface area (Å²) in [5.41, 5.74) is 7.40. The third-order valence-electron chi connectivity index (χ3n) is 5.75. The van der Waals surface area contributed by atoms with Gasteiger partial charge in [0.05, 0.1) is 30.0 Å². The number of hydrogen-bond donors (Lipinski definition) is 0. The molecule has 2 unspecified atom stereocenters. The Labute approximate surface area is 172 Å². The molecule has 0 aliphatic carbocycles. The lowest BCUT2D eigenvalue weighted by Crippen LogP contribution is -2.48. The predicted octanol–water partition coefficient (Wildman–Crippen LogP) is 4.10. The SMILES string of the molecule is Cc1ccn2c(CC(=O)N3CC(C)OC(C)C3)c(-c3ccc(C)c(C)c3)nc2c1. The Bertz CT molecular complexity index is 1060. The van der Waals surface area contributed by atoms with Crippen LogP contribution in [0.25, 0.3) is 16.9 Å². The number of imidazole rings is 1. The van der Waals surface area contributed by atoms with E-state index in [1.807, 2.05) is 24.9 Å². The Kier molecular flexibility index (Phi) is 5.17. The second kappa shape index (κ2) is 7.64. The number of morpholine rings is 1. The lowest BCUT2D eigenvalue weighted by atomic mass is 10.0. The minimum atomic E-state index is 0.0618. The highest BCUT2D eigenvalue weighted by Gasteiger charge is 2.27. The fourth-order valence-electron chi connectivity index (χ4n) is 4.12. The third-order valence-corrected chi connectivity index (χ3v) is 5.75. The number of ether oxygens (including phenoxy) is 1. The fourth-order valence-corrected chi connectivity index (χ4v) is 4.12. The van der Waals surface area contributed by atoms with Gasteiger partial charge in [-0.2, -0.15) is 0 Å². The molecule has 1 saturated heterocycles. The topological polar surface area (TPSA) is 46.8 Å². The first-order valence-electron chi connectivity index (χ1n) is 10.3. The summed E-state index contributed by atoms with van der Waals surface area (Å²) >= 11 is 0. The van der Waals surface area contributed by atoms with Gasteiger partial charge in [0.25, 0.3) is 0 Å². The van der Waals surface area contributed by atoms with E-state index in [-0.39, 0.29) is 18.1 Å². The highest BCUT2D eigenvalue weighted by molar-refractivity contribution is 5.82. The van der Waals surface area contributed by atoms with Crippen molar-refractivity contribution < 1.29 is 9.53 Å². The predicted molar refractivity (Wildman–Crippen MR) is 115 cm³/mol. The molecule has 3 heterocycles. The van der Waals surface area contributed by atoms with Crippen LogP contribution in [0.2, 0.25) is 0 Å². The van der Waals surface area contributed by atoms with Gasteiger partial charge in [-0.25, -0.2) is 4.98 Å². The van der Waals surface area contributed by atoms with Crippen molar-refractivity contribution in [3.8, 4) is 11.3 Å². The summed E-state index contributed by atoms with van der Waals surface area (Å²) < 4.78 is 7.85. The molecule has 3 aromatic rings. The molecule has 0 bridgehead atoms. The number of aryl methyl sites for hydroxylation is 3. The molecule has 0 radical (unpaired) electrons. The van der Waals surface area contributed by atoms with E-state index in [4.69, 9.17) is 9.72 Å². The highest BCUT2D eigenvalue weighted by Crippen LogP contribution is 2.28. The Hall–Kier alpha value is -2.66. The average Bonchev–Trinajstić information content (AvgIpc) is 3.00. The number of hydrogen-bond acceptors (Lipinski definition) is 3. The maximum Gasteiger partial charge on any atom is 0.228 e. The summed E-state index contributed by atoms with van der Waals surface area (Å²) in [7, 11) is 0. The molecule has 1 aliphatic rings. The number of carbonyl (C=O) groups excluding carboxylic acids is 1. The number of fused-ring (bicyclic) bond motifs is 1. The molecular weight excluding hydrogens is 362 g/mol. The first-order valence-corrected chi connectivity index (χ1v) is 10.3. The third kappa shape index (κ3) is 3.92. The van der Waals surface area contributed by atoms with Crippen LogP contribution in [0.5, 0.6) is 0 Å². The standard InChI is InChI=1S/C24H29N3O2/c1-15-8-9-27-21(12-23(28)26-13-18(4)29-19(5)14-26)24(25-22(27)10-15)20-7-6-16(2)17(3)11-20/h6-11,18-19H,12-14H2,1-5H3. The van der Waals surface area contributed by atoms with Gasteiger partial charge in [0.2, 0.25) is 5.91 Å². The van der Waals surface area contributed by atoms with E-state index in [0.717, 1.165) is 28.2 Å². The number of benzene rings is 1. The van der Waals surface area contributed by atoms with E-state index in [0.29, 0.717) is 19.5 Å². The van der Waals surface area contributed by atoms with Gasteiger partial charge in [-0.05, 0) is 69.5 Å². The summed E-state index contributed by atoms with van der Waals surface area (Å²) in [6.45, 7) is 11.6. The van der Waals surface area contributed by atoms with Crippen molar-refractivity contribution in [1.29, 1.82) is 0 Å². The van der Waals surface area contributed by atoms with Crippen LogP contribution in [0.15, 0.2) is 36.5 Å². The van der Waals surface area contributed by atoms with E-state index in [1.54, 1.807) is 0 Å². The van der Waals surface area contributed by atoms with Crippen LogP contribution in [0, 0.1) is 20.8 Å². The van der Waals surface area contributed by atoms with Crippen molar-refractivity contribution in [2.24, 2.45) is 0 Å². The van der Waals surface area contributed by atoms with Crippen LogP contribution < -0.4 is 0 Å². The van der Waals surface area contributed by atoms with Crippen molar-refractivity contribution in [3.63, 3.8) is 0 Å². The van der Waals surface area contributed by atoms with E-state index >= 15 is 0 Å². The number of carbonyl (C=O) groups is 1. The lowest BCUT2D eigenvalue weighted by Gasteiger charge is -2.35. The largest absolute Gasteiger partial charge is 0.372 e. The van der Waals surface area contributed by atoms with Gasteiger partial charge in [-0.3, -0.25) is 4.79 Å². The minimum absolute atomic E-state index is 0.0618. The van der Waals surface area contributed by atoms with Gasteiger partial charge in [0.15, 0.2) is 0 Å². The maximum absolute atomic E-state index is 13.2. The Morgan fingerprint density at radius 2 is 1.79 bits per heavy atom. The first-order chi connectivity index (χ1) is 13.8. The fraction of sp³-hybridized carbons (Fsp3) is 0.417. The lowest BCUT2D eigenvalue weighted by molar-refractivity contribution is -0.142. The molecular formula is C24H29N3O2. The highest BCUT2D eigenvalue weighted by atomic mass is 16.5. The summed E-state index contributed by atoms with van der Waals surface area (Å²) in [4.78, 5) is 20.0. The smallest absolute Gasteiger partial charge is 0.228 e. The van der Waals surface area contributed by atoms with Gasteiger partial charge in [0, 0.05) is 24.8 Å². The molecule has 1 aliphatic heterocycles. The van der Waals surface area contributed by atoms with E-state index in [2.05, 4.69) is 55.5 Å². The molecule has 1 aromatic carbocycles. The summed E-state index contributed by atoms with van der Waals surface area (Å²) in [6.07, 6.45) is 2.47. The van der Waals surface area contributed by atoms with Crippen molar-refractivity contribution in [2.75, 3.05) is 13.1 Å². The van der Waals surface area contributed by atoms with Crippen LogP contribution in [0.4, 0.5) is 0 Å². The van der Waals surface area contributed by atoms with E-state index in [1.165, 1.54) is 11.1 Å². The second-order valence-electron chi connectivity index (χ2n) is 8.37. The first kappa shape index (κ1) is 19.6. The average molecular weight is 392 g/mol. The molecule has 2 aromatic heterocycles. The molecule has 1 fully saturated rings. The van der Waals surface area contributed by atoms with Crippen LogP contribution in [0.1, 0.15) is 36.2 Å². The zero-order valence-corrected chi connectivity index (χ0v) is 17.9. The zero-order valence-electron chi connectivity index (χ0n) is 17.9. The van der Waals surface area contributed by atoms with Crippen LogP contribution in [-0.4, -0.2) is 45.5 Å². The summed E-state index contributed by atoms with van der Waals surface area (Å²) in [5, 5.41) is 0. The van der Waals surface area contributed by atoms with Gasteiger partial charge >= 0.3 is 0 Å². The molecule has 0 spiro atoms. The molecule has 0 saturated carbocycles. The monoisotopic (exact) mass is 391 g/mol. The summed E-state index contributed by atoms with van der Waals surface area (Å²) in [6, 6.07) is 10.5. The minimum Gasteiger partial charge on any atom is -0.372 e. The van der Waals surface area contributed by atoms with Gasteiger partial charge in [-0.1, -0.05) is 12.1 Å². The zero-order chi connectivity index (χ0) is 20.7. The molecule has 4 rings (SSSR count). The molecule has 5 nitrogen and oxygen atoms in total. The summed E-state index contributed by atoms with van der Waals surface area (Å²) in [5.74, 6) is 0.124. The Morgan fingerprint density at radius 1 is 1.07 bits per heavy atom. The number of nitrogens with zero attached hydrogens (tertiary/aromatic N) is 3. The van der Waals surface area contributed by atoms with Crippen LogP contribution in [-0.2, 0) is 16.0 Å². The van der Waals surface area contributed by atoms with E-state index < -0.39 is 0 Å². The maximum atomic E-state index is 13.2. The van der Waals surface area contributed by atoms with Crippen LogP contribution >= 0.6 is 0 Å². The van der Waals surface area contributed by atoms with Gasteiger partial charge in [0.1, 0.15) is 5.65 Å². The molecule has 29 heavy (non-hydrogen) atoms. The molecule has 152 valence electrons. The molecule has 0 N–H and O–H groups in total. The van der Waals surface area contributed by atoms with Crippen LogP contribution in [0.3, 0.4) is 0 Å². The van der Waals surface area contributed by atoms with Crippen molar-refractivity contribution in [2.45, 2.75) is 53.2 Å². The number of rotatable bonds is 3. The van der Waals surface area contributed by atoms with Gasteiger partial charge in [-0.15, -0.1) is 0 Å². The van der Waals surface area contributed by atoms with Gasteiger partial charge < -0.3 is 14.0 Å². The number of aromatic nitrogens is 2. The molecule has 1 amide bonds. The molecule has 2 atom stereocenters. The number of amides is 1. The number of pyridine rings is 1. The Balaban J connectivity index is 1.75. The van der Waals surface area contributed by atoms with Crippen molar-refractivity contribution in [1.82, 2.24) is 14.3 Å². The van der Waals surface area contributed by atoms with Crippen molar-refractivity contribution >= 4 is 11.6 Å². The Morgan fingerprint density at radius 3 is 2.48 bits per heavy atom. The second-order valence-corrected chi connectivity index (χ2v) is 8.37. The van der Waals surface area contributed by atoms with Crippen molar-refractivity contribution in [3.05, 3.63) is 58.9 Å². The quantitative estimate of drug-likeness (QED) is 0.675. The van der Waals surface area contributed by atoms with E-state index in [9.17, 15) is 4.79 Å².